The second-order valence-corrected chi connectivity index (χ2v) is 9.95. The lowest BCUT2D eigenvalue weighted by Gasteiger charge is -2.13. The predicted molar refractivity (Wildman–Crippen MR) is 155 cm³/mol. The van der Waals surface area contributed by atoms with Crippen LogP contribution in [-0.4, -0.2) is 19.9 Å². The highest BCUT2D eigenvalue weighted by atomic mass is 14.8. The molecule has 0 bridgehead atoms. The molecular formula is C34H16N8. The first-order valence-corrected chi connectivity index (χ1v) is 13.0. The van der Waals surface area contributed by atoms with E-state index in [1.165, 1.54) is 12.7 Å². The Kier molecular flexibility index (Phi) is 5.62. The zero-order chi connectivity index (χ0) is 28.8. The highest BCUT2D eigenvalue weighted by Gasteiger charge is 2.32. The summed E-state index contributed by atoms with van der Waals surface area (Å²) in [6.45, 7) is 15.8. The normalized spacial score (nSPS) is 11.5. The van der Waals surface area contributed by atoms with Gasteiger partial charge in [-0.3, -0.25) is 0 Å². The van der Waals surface area contributed by atoms with Crippen molar-refractivity contribution in [3.63, 3.8) is 0 Å². The summed E-state index contributed by atoms with van der Waals surface area (Å²) in [6.07, 6.45) is 10.9. The van der Waals surface area contributed by atoms with Crippen molar-refractivity contribution < 1.29 is 0 Å². The third kappa shape index (κ3) is 3.58. The van der Waals surface area contributed by atoms with Gasteiger partial charge in [0, 0.05) is 41.1 Å². The minimum atomic E-state index is -0.0165. The van der Waals surface area contributed by atoms with Gasteiger partial charge in [0.2, 0.25) is 0 Å². The first-order valence-electron chi connectivity index (χ1n) is 13.0. The fraction of sp³-hybridized carbons (Fsp3) is 0.0588. The number of aromatic nitrogens is 4. The quantitative estimate of drug-likeness (QED) is 0.293. The number of benzene rings is 3. The predicted octanol–water partition coefficient (Wildman–Crippen LogP) is 4.85. The van der Waals surface area contributed by atoms with Gasteiger partial charge < -0.3 is 0 Å². The van der Waals surface area contributed by atoms with Gasteiger partial charge >= 0.3 is 0 Å². The second-order valence-electron chi connectivity index (χ2n) is 9.95. The molecule has 8 nitrogen and oxygen atoms in total. The molecule has 42 heavy (non-hydrogen) atoms. The van der Waals surface area contributed by atoms with Gasteiger partial charge in [0.1, 0.15) is 12.7 Å². The molecule has 0 amide bonds. The van der Waals surface area contributed by atoms with E-state index >= 15 is 0 Å². The Hall–Kier alpha value is -6.48. The first kappa shape index (κ1) is 24.6. The van der Waals surface area contributed by atoms with Crippen molar-refractivity contribution in [2.45, 2.75) is 12.8 Å². The van der Waals surface area contributed by atoms with E-state index in [1.54, 1.807) is 24.8 Å². The smallest absolute Gasteiger partial charge is 0.244 e. The van der Waals surface area contributed by atoms with Crippen LogP contribution < -0.4 is 10.4 Å². The van der Waals surface area contributed by atoms with Gasteiger partial charge in [0.05, 0.1) is 25.3 Å². The van der Waals surface area contributed by atoms with Crippen LogP contribution in [0.1, 0.15) is 22.3 Å². The Morgan fingerprint density at radius 3 is 1.45 bits per heavy atom. The minimum absolute atomic E-state index is 0.00403. The van der Waals surface area contributed by atoms with E-state index in [0.717, 1.165) is 66.8 Å². The fourth-order valence-electron chi connectivity index (χ4n) is 6.21. The van der Waals surface area contributed by atoms with Crippen LogP contribution in [0.4, 0.5) is 0 Å². The molecule has 0 unspecified atom stereocenters. The molecule has 192 valence electrons. The van der Waals surface area contributed by atoms with Crippen molar-refractivity contribution in [1.29, 1.82) is 10.5 Å². The molecule has 3 aromatic carbocycles. The van der Waals surface area contributed by atoms with Crippen LogP contribution in [-0.2, 0) is 12.8 Å². The number of hydrogen-bond acceptors (Lipinski definition) is 6. The maximum absolute atomic E-state index is 10.2. The van der Waals surface area contributed by atoms with Gasteiger partial charge in [-0.2, -0.15) is 0 Å². The van der Waals surface area contributed by atoms with E-state index < -0.39 is 0 Å². The Labute approximate surface area is 240 Å². The van der Waals surface area contributed by atoms with Gasteiger partial charge in [-0.05, 0) is 73.7 Å². The number of fused-ring (bicyclic) bond motifs is 6. The van der Waals surface area contributed by atoms with Crippen molar-refractivity contribution in [3.05, 3.63) is 129 Å². The van der Waals surface area contributed by atoms with Crippen molar-refractivity contribution in [1.82, 2.24) is 19.9 Å². The van der Waals surface area contributed by atoms with Crippen molar-refractivity contribution in [3.8, 4) is 56.6 Å². The summed E-state index contributed by atoms with van der Waals surface area (Å²) in [5.74, 6) is 0. The Bertz CT molecular complexity index is 2120. The Morgan fingerprint density at radius 2 is 1.05 bits per heavy atom. The van der Waals surface area contributed by atoms with E-state index in [2.05, 4.69) is 53.9 Å². The van der Waals surface area contributed by atoms with Crippen molar-refractivity contribution in [2.24, 2.45) is 0 Å². The summed E-state index contributed by atoms with van der Waals surface area (Å²) in [6, 6.07) is 16.3. The maximum Gasteiger partial charge on any atom is 0.270 e. The minimum Gasteiger partial charge on any atom is -0.244 e. The molecule has 2 aliphatic rings. The molecule has 0 radical (unpaired) electrons. The lowest BCUT2D eigenvalue weighted by molar-refractivity contribution is 1.16. The third-order valence-corrected chi connectivity index (χ3v) is 7.89. The molecule has 8 heteroatoms. The molecule has 0 fully saturated rings. The summed E-state index contributed by atoms with van der Waals surface area (Å²) in [7, 11) is 0. The van der Waals surface area contributed by atoms with E-state index in [1.807, 2.05) is 24.3 Å². The van der Waals surface area contributed by atoms with Crippen molar-refractivity contribution in [2.75, 3.05) is 0 Å². The van der Waals surface area contributed by atoms with Crippen LogP contribution in [0, 0.1) is 35.8 Å². The maximum atomic E-state index is 10.2. The van der Waals surface area contributed by atoms with Crippen molar-refractivity contribution >= 4 is 11.4 Å². The largest absolute Gasteiger partial charge is 0.270 e. The Morgan fingerprint density at radius 1 is 0.619 bits per heavy atom. The van der Waals surface area contributed by atoms with Crippen LogP contribution in [0.3, 0.4) is 0 Å². The zero-order valence-electron chi connectivity index (χ0n) is 21.9. The summed E-state index contributed by atoms with van der Waals surface area (Å²) < 4.78 is 0. The second kappa shape index (κ2) is 9.61. The molecule has 5 aromatic rings. The number of hydrogen-bond donors (Lipinski definition) is 0. The van der Waals surface area contributed by atoms with E-state index in [-0.39, 0.29) is 11.4 Å². The van der Waals surface area contributed by atoms with Crippen LogP contribution >= 0.6 is 0 Å². The molecule has 2 aromatic heterocycles. The van der Waals surface area contributed by atoms with Gasteiger partial charge in [-0.25, -0.2) is 40.1 Å². The average Bonchev–Trinajstić information content (AvgIpc) is 3.61. The average molecular weight is 537 g/mol. The molecule has 7 rings (SSSR count). The highest BCUT2D eigenvalue weighted by Crippen LogP contribution is 2.42. The third-order valence-electron chi connectivity index (χ3n) is 7.89. The Balaban J connectivity index is 1.59. The first-order chi connectivity index (χ1) is 20.7. The van der Waals surface area contributed by atoms with E-state index in [4.69, 9.17) is 13.1 Å². The van der Waals surface area contributed by atoms with Gasteiger partial charge in [0.15, 0.2) is 0 Å². The molecule has 0 N–H and O–H groups in total. The molecule has 0 aliphatic heterocycles. The fourth-order valence-corrected chi connectivity index (χ4v) is 6.21. The summed E-state index contributed by atoms with van der Waals surface area (Å²) in [5.41, 5.74) is 10.4. The topological polar surface area (TPSA) is 108 Å². The van der Waals surface area contributed by atoms with Gasteiger partial charge in [-0.15, -0.1) is 0 Å². The molecule has 2 aliphatic carbocycles. The zero-order valence-corrected chi connectivity index (χ0v) is 21.9. The van der Waals surface area contributed by atoms with Crippen LogP contribution in [0.15, 0.2) is 73.8 Å². The monoisotopic (exact) mass is 536 g/mol. The van der Waals surface area contributed by atoms with Crippen LogP contribution in [0.25, 0.3) is 65.6 Å². The van der Waals surface area contributed by atoms with Crippen LogP contribution in [0.5, 0.6) is 0 Å². The molecule has 0 saturated carbocycles. The molecular weight excluding hydrogens is 520 g/mol. The standard InChI is InChI=1S/C34H16N8/c1-37-29(11-35)31-27-9-21-7-19(23-13-39-17-40-14-23)3-5-25(21)32(27)34(30(12-36)38-2)33-26-6-4-20(8-22(26)10-28(31)33)24-15-41-18-42-16-24/h3-8,13-18H,9-10H2. The molecule has 0 spiro atoms. The highest BCUT2D eigenvalue weighted by molar-refractivity contribution is 5.94. The molecule has 0 saturated heterocycles. The SMILES string of the molecule is [C-]#[N+]C(C#N)=c1c2c(c(=C(C#N)[N+]#[C-])c3c1Cc1cc(-c4cncnc4)ccc1-3)-c1ccc(-c3cncnc3)cc1C2. The molecule has 0 atom stereocenters. The number of nitriles is 2. The lowest BCUT2D eigenvalue weighted by Crippen LogP contribution is -2.25. The summed E-state index contributed by atoms with van der Waals surface area (Å²) in [4.78, 5) is 23.9. The van der Waals surface area contributed by atoms with Crippen LogP contribution in [0.2, 0.25) is 0 Å². The summed E-state index contributed by atoms with van der Waals surface area (Å²) >= 11 is 0. The van der Waals surface area contributed by atoms with E-state index in [9.17, 15) is 10.5 Å². The van der Waals surface area contributed by atoms with Gasteiger partial charge in [0.25, 0.3) is 11.4 Å². The summed E-state index contributed by atoms with van der Waals surface area (Å²) in [5, 5.41) is 21.4. The molecule has 2 heterocycles. The van der Waals surface area contributed by atoms with E-state index in [0.29, 0.717) is 23.3 Å². The number of nitrogens with zero attached hydrogens (tertiary/aromatic N) is 8. The number of rotatable bonds is 2. The lowest BCUT2D eigenvalue weighted by atomic mass is 9.90. The van der Waals surface area contributed by atoms with Gasteiger partial charge in [-0.1, -0.05) is 36.4 Å².